The first-order chi connectivity index (χ1) is 9.60. The maximum absolute atomic E-state index is 3.79. The molecule has 2 rings (SSSR count). The van der Waals surface area contributed by atoms with Gasteiger partial charge in [-0.1, -0.05) is 33.6 Å². The average molecular weight is 280 g/mol. The van der Waals surface area contributed by atoms with Crippen molar-refractivity contribution in [1.82, 2.24) is 10.2 Å². The molecule has 2 aliphatic rings. The highest BCUT2D eigenvalue weighted by Gasteiger charge is 2.34. The Morgan fingerprint density at radius 3 is 2.25 bits per heavy atom. The number of hydrogen-bond donors (Lipinski definition) is 1. The Morgan fingerprint density at radius 2 is 1.70 bits per heavy atom. The first-order valence-electron chi connectivity index (χ1n) is 9.04. The molecular weight excluding hydrogens is 244 g/mol. The number of nitrogens with zero attached hydrogens (tertiary/aromatic N) is 1. The van der Waals surface area contributed by atoms with Crippen LogP contribution in [0.2, 0.25) is 0 Å². The summed E-state index contributed by atoms with van der Waals surface area (Å²) in [4.78, 5) is 2.70. The second-order valence-electron chi connectivity index (χ2n) is 7.61. The van der Waals surface area contributed by atoms with E-state index in [1.54, 1.807) is 0 Å². The van der Waals surface area contributed by atoms with Crippen molar-refractivity contribution in [3.8, 4) is 0 Å². The number of hydrogen-bond acceptors (Lipinski definition) is 2. The van der Waals surface area contributed by atoms with Crippen molar-refractivity contribution in [1.29, 1.82) is 0 Å². The highest BCUT2D eigenvalue weighted by atomic mass is 15.1. The van der Waals surface area contributed by atoms with Gasteiger partial charge in [0.2, 0.25) is 0 Å². The largest absolute Gasteiger partial charge is 0.313 e. The van der Waals surface area contributed by atoms with Gasteiger partial charge in [0.15, 0.2) is 0 Å². The molecule has 0 spiro atoms. The van der Waals surface area contributed by atoms with E-state index >= 15 is 0 Å². The highest BCUT2D eigenvalue weighted by Crippen LogP contribution is 2.33. The molecule has 118 valence electrons. The standard InChI is InChI=1S/C18H36N2/c1-5-18(6-2,13-19-16-11-12-16)14-20(4)17-10-8-7-9-15(17)3/h15-17,19H,5-14H2,1-4H3. The van der Waals surface area contributed by atoms with Crippen LogP contribution in [-0.2, 0) is 0 Å². The minimum atomic E-state index is 0.481. The summed E-state index contributed by atoms with van der Waals surface area (Å²) in [6.45, 7) is 9.72. The van der Waals surface area contributed by atoms with Gasteiger partial charge in [0, 0.05) is 25.2 Å². The van der Waals surface area contributed by atoms with Crippen LogP contribution in [0.3, 0.4) is 0 Å². The Labute approximate surface area is 126 Å². The maximum Gasteiger partial charge on any atom is 0.0118 e. The maximum atomic E-state index is 3.79. The molecular formula is C18H36N2. The molecule has 0 aromatic rings. The smallest absolute Gasteiger partial charge is 0.0118 e. The van der Waals surface area contributed by atoms with Gasteiger partial charge >= 0.3 is 0 Å². The third kappa shape index (κ3) is 4.21. The van der Waals surface area contributed by atoms with E-state index in [-0.39, 0.29) is 0 Å². The third-order valence-corrected chi connectivity index (χ3v) is 6.06. The fourth-order valence-corrected chi connectivity index (χ4v) is 4.03. The van der Waals surface area contributed by atoms with Crippen LogP contribution in [0.15, 0.2) is 0 Å². The van der Waals surface area contributed by atoms with Crippen molar-refractivity contribution in [3.05, 3.63) is 0 Å². The molecule has 20 heavy (non-hydrogen) atoms. The molecule has 0 heterocycles. The van der Waals surface area contributed by atoms with E-state index in [1.807, 2.05) is 0 Å². The van der Waals surface area contributed by atoms with Crippen molar-refractivity contribution in [3.63, 3.8) is 0 Å². The summed E-state index contributed by atoms with van der Waals surface area (Å²) in [5, 5.41) is 3.79. The quantitative estimate of drug-likeness (QED) is 0.721. The summed E-state index contributed by atoms with van der Waals surface area (Å²) in [5.74, 6) is 0.886. The Morgan fingerprint density at radius 1 is 1.05 bits per heavy atom. The zero-order chi connectivity index (χ0) is 14.6. The topological polar surface area (TPSA) is 15.3 Å². The van der Waals surface area contributed by atoms with E-state index in [2.05, 4.69) is 38.0 Å². The summed E-state index contributed by atoms with van der Waals surface area (Å²) >= 11 is 0. The molecule has 2 atom stereocenters. The van der Waals surface area contributed by atoms with Gasteiger partial charge in [-0.05, 0) is 56.9 Å². The summed E-state index contributed by atoms with van der Waals surface area (Å²) < 4.78 is 0. The van der Waals surface area contributed by atoms with Crippen LogP contribution in [-0.4, -0.2) is 37.1 Å². The van der Waals surface area contributed by atoms with E-state index in [4.69, 9.17) is 0 Å². The second-order valence-corrected chi connectivity index (χ2v) is 7.61. The summed E-state index contributed by atoms with van der Waals surface area (Å²) in [5.41, 5.74) is 0.481. The van der Waals surface area contributed by atoms with Crippen LogP contribution in [0.4, 0.5) is 0 Å². The van der Waals surface area contributed by atoms with Gasteiger partial charge < -0.3 is 10.2 Å². The van der Waals surface area contributed by atoms with Crippen molar-refractivity contribution in [2.45, 2.75) is 84.2 Å². The van der Waals surface area contributed by atoms with Gasteiger partial charge in [0.1, 0.15) is 0 Å². The molecule has 0 aliphatic heterocycles. The van der Waals surface area contributed by atoms with Crippen LogP contribution >= 0.6 is 0 Å². The predicted octanol–water partition coefficient (Wildman–Crippen LogP) is 4.06. The van der Waals surface area contributed by atoms with Crippen LogP contribution in [0.5, 0.6) is 0 Å². The Kier molecular flexibility index (Phi) is 5.92. The third-order valence-electron chi connectivity index (χ3n) is 6.06. The first kappa shape index (κ1) is 16.3. The Balaban J connectivity index is 1.90. The molecule has 2 unspecified atom stereocenters. The Bertz CT molecular complexity index is 281. The van der Waals surface area contributed by atoms with Crippen LogP contribution < -0.4 is 5.32 Å². The van der Waals surface area contributed by atoms with E-state index in [1.165, 1.54) is 64.5 Å². The average Bonchev–Trinajstić information content (AvgIpc) is 3.28. The molecule has 2 fully saturated rings. The lowest BCUT2D eigenvalue weighted by Gasteiger charge is -2.42. The lowest BCUT2D eigenvalue weighted by Crippen LogP contribution is -2.48. The van der Waals surface area contributed by atoms with E-state index in [0.717, 1.165) is 18.0 Å². The minimum Gasteiger partial charge on any atom is -0.313 e. The Hall–Kier alpha value is -0.0800. The van der Waals surface area contributed by atoms with Crippen molar-refractivity contribution in [2.24, 2.45) is 11.3 Å². The molecule has 1 N–H and O–H groups in total. The first-order valence-corrected chi connectivity index (χ1v) is 9.04. The molecule has 0 saturated heterocycles. The van der Waals surface area contributed by atoms with Crippen molar-refractivity contribution >= 4 is 0 Å². The monoisotopic (exact) mass is 280 g/mol. The lowest BCUT2D eigenvalue weighted by atomic mass is 9.79. The summed E-state index contributed by atoms with van der Waals surface area (Å²) in [7, 11) is 2.38. The number of rotatable bonds is 8. The zero-order valence-corrected chi connectivity index (χ0v) is 14.3. The summed E-state index contributed by atoms with van der Waals surface area (Å²) in [6, 6.07) is 1.66. The van der Waals surface area contributed by atoms with Crippen molar-refractivity contribution < 1.29 is 0 Å². The van der Waals surface area contributed by atoms with Gasteiger partial charge in [-0.25, -0.2) is 0 Å². The minimum absolute atomic E-state index is 0.481. The molecule has 0 aromatic carbocycles. The fourth-order valence-electron chi connectivity index (χ4n) is 4.03. The van der Waals surface area contributed by atoms with Crippen molar-refractivity contribution in [2.75, 3.05) is 20.1 Å². The second kappa shape index (κ2) is 7.26. The van der Waals surface area contributed by atoms with Gasteiger partial charge in [-0.15, -0.1) is 0 Å². The molecule has 2 saturated carbocycles. The molecule has 2 nitrogen and oxygen atoms in total. The molecule has 2 aliphatic carbocycles. The predicted molar refractivity (Wildman–Crippen MR) is 88.1 cm³/mol. The lowest BCUT2D eigenvalue weighted by molar-refractivity contribution is 0.0766. The van der Waals surface area contributed by atoms with Gasteiger partial charge in [0.05, 0.1) is 0 Å². The van der Waals surface area contributed by atoms with Crippen LogP contribution in [0.1, 0.15) is 72.1 Å². The molecule has 0 amide bonds. The molecule has 0 aromatic heterocycles. The fraction of sp³-hybridized carbons (Fsp3) is 1.00. The SMILES string of the molecule is CCC(CC)(CNC1CC1)CN(C)C1CCCCC1C. The summed E-state index contributed by atoms with van der Waals surface area (Å²) in [6.07, 6.45) is 11.1. The molecule has 2 heteroatoms. The van der Waals surface area contributed by atoms with E-state index in [0.29, 0.717) is 5.41 Å². The van der Waals surface area contributed by atoms with Gasteiger partial charge in [0.25, 0.3) is 0 Å². The van der Waals surface area contributed by atoms with E-state index in [9.17, 15) is 0 Å². The normalized spacial score (nSPS) is 28.1. The molecule has 0 bridgehead atoms. The zero-order valence-electron chi connectivity index (χ0n) is 14.3. The van der Waals surface area contributed by atoms with Gasteiger partial charge in [-0.3, -0.25) is 0 Å². The van der Waals surface area contributed by atoms with Crippen LogP contribution in [0.25, 0.3) is 0 Å². The highest BCUT2D eigenvalue weighted by molar-refractivity contribution is 4.90. The molecule has 0 radical (unpaired) electrons. The van der Waals surface area contributed by atoms with Gasteiger partial charge in [-0.2, -0.15) is 0 Å². The van der Waals surface area contributed by atoms with E-state index < -0.39 is 0 Å². The van der Waals surface area contributed by atoms with Crippen LogP contribution in [0, 0.1) is 11.3 Å². The number of nitrogens with one attached hydrogen (secondary N) is 1.